The second kappa shape index (κ2) is 7.02. The summed E-state index contributed by atoms with van der Waals surface area (Å²) in [4.78, 5) is 14.1. The van der Waals surface area contributed by atoms with E-state index in [1.54, 1.807) is 12.1 Å². The van der Waals surface area contributed by atoms with Gasteiger partial charge >= 0.3 is 0 Å². The summed E-state index contributed by atoms with van der Waals surface area (Å²) in [6, 6.07) is 5.30. The van der Waals surface area contributed by atoms with Gasteiger partial charge < -0.3 is 4.90 Å². The maximum atomic E-state index is 12.2. The van der Waals surface area contributed by atoms with Gasteiger partial charge in [-0.2, -0.15) is 0 Å². The van der Waals surface area contributed by atoms with E-state index in [-0.39, 0.29) is 5.91 Å². The molecule has 1 amide bonds. The van der Waals surface area contributed by atoms with Crippen molar-refractivity contribution in [2.24, 2.45) is 0 Å². The SMILES string of the molecule is CCCCN(CC)C(=O)c1cc(Cl)cc(Br)c1. The maximum absolute atomic E-state index is 12.2. The smallest absolute Gasteiger partial charge is 0.253 e. The third-order valence-electron chi connectivity index (χ3n) is 2.56. The van der Waals surface area contributed by atoms with Crippen molar-refractivity contribution in [3.63, 3.8) is 0 Å². The van der Waals surface area contributed by atoms with Crippen LogP contribution in [0.2, 0.25) is 5.02 Å². The Morgan fingerprint density at radius 1 is 1.35 bits per heavy atom. The third-order valence-corrected chi connectivity index (χ3v) is 3.24. The monoisotopic (exact) mass is 317 g/mol. The Balaban J connectivity index is 2.85. The first-order valence-electron chi connectivity index (χ1n) is 5.83. The number of halogens is 2. The Labute approximate surface area is 116 Å². The largest absolute Gasteiger partial charge is 0.339 e. The van der Waals surface area contributed by atoms with Crippen LogP contribution >= 0.6 is 27.5 Å². The van der Waals surface area contributed by atoms with Crippen molar-refractivity contribution in [2.45, 2.75) is 26.7 Å². The average Bonchev–Trinajstić information content (AvgIpc) is 2.28. The van der Waals surface area contributed by atoms with Crippen LogP contribution in [0.1, 0.15) is 37.0 Å². The molecule has 0 fully saturated rings. The van der Waals surface area contributed by atoms with Crippen molar-refractivity contribution in [3.8, 4) is 0 Å². The fourth-order valence-corrected chi connectivity index (χ4v) is 2.47. The predicted octanol–water partition coefficient (Wildman–Crippen LogP) is 4.36. The average molecular weight is 319 g/mol. The molecule has 0 spiro atoms. The summed E-state index contributed by atoms with van der Waals surface area (Å²) < 4.78 is 0.833. The molecule has 0 radical (unpaired) electrons. The Hall–Kier alpha value is -0.540. The lowest BCUT2D eigenvalue weighted by atomic mass is 10.2. The Morgan fingerprint density at radius 3 is 2.59 bits per heavy atom. The molecule has 0 heterocycles. The lowest BCUT2D eigenvalue weighted by Gasteiger charge is -2.20. The molecule has 0 aromatic heterocycles. The first-order chi connectivity index (χ1) is 8.08. The van der Waals surface area contributed by atoms with Gasteiger partial charge in [-0.15, -0.1) is 0 Å². The van der Waals surface area contributed by atoms with Crippen LogP contribution in [0.4, 0.5) is 0 Å². The zero-order valence-electron chi connectivity index (χ0n) is 10.2. The van der Waals surface area contributed by atoms with Gasteiger partial charge in [0.1, 0.15) is 0 Å². The Bertz CT molecular complexity index is 375. The summed E-state index contributed by atoms with van der Waals surface area (Å²) in [6.07, 6.45) is 2.12. The standard InChI is InChI=1S/C13H17BrClNO/c1-3-5-6-16(4-2)13(17)10-7-11(14)9-12(15)8-10/h7-9H,3-6H2,1-2H3. The minimum absolute atomic E-state index is 0.0455. The summed E-state index contributed by atoms with van der Waals surface area (Å²) >= 11 is 9.30. The number of amides is 1. The molecule has 4 heteroatoms. The molecule has 0 atom stereocenters. The van der Waals surface area contributed by atoms with Gasteiger partial charge in [-0.25, -0.2) is 0 Å². The molecule has 17 heavy (non-hydrogen) atoms. The van der Waals surface area contributed by atoms with Crippen molar-refractivity contribution in [3.05, 3.63) is 33.3 Å². The van der Waals surface area contributed by atoms with Gasteiger partial charge in [0.25, 0.3) is 5.91 Å². The lowest BCUT2D eigenvalue weighted by molar-refractivity contribution is 0.0762. The normalized spacial score (nSPS) is 10.4. The highest BCUT2D eigenvalue weighted by atomic mass is 79.9. The topological polar surface area (TPSA) is 20.3 Å². The van der Waals surface area contributed by atoms with Crippen LogP contribution in [0.25, 0.3) is 0 Å². The molecule has 0 aliphatic heterocycles. The van der Waals surface area contributed by atoms with E-state index in [0.29, 0.717) is 10.6 Å². The molecule has 0 N–H and O–H groups in total. The minimum Gasteiger partial charge on any atom is -0.339 e. The van der Waals surface area contributed by atoms with Crippen LogP contribution in [0, 0.1) is 0 Å². The van der Waals surface area contributed by atoms with E-state index in [0.717, 1.165) is 30.4 Å². The molecular formula is C13H17BrClNO. The highest BCUT2D eigenvalue weighted by molar-refractivity contribution is 9.10. The highest BCUT2D eigenvalue weighted by Gasteiger charge is 2.14. The van der Waals surface area contributed by atoms with Gasteiger partial charge in [-0.1, -0.05) is 40.9 Å². The molecule has 0 saturated heterocycles. The van der Waals surface area contributed by atoms with Crippen molar-refractivity contribution >= 4 is 33.4 Å². The van der Waals surface area contributed by atoms with Gasteiger partial charge in [0.05, 0.1) is 0 Å². The summed E-state index contributed by atoms with van der Waals surface area (Å²) in [7, 11) is 0. The molecule has 0 aliphatic carbocycles. The summed E-state index contributed by atoms with van der Waals surface area (Å²) in [6.45, 7) is 5.64. The molecule has 1 aromatic rings. The summed E-state index contributed by atoms with van der Waals surface area (Å²) in [5, 5.41) is 0.578. The number of hydrogen-bond donors (Lipinski definition) is 0. The van der Waals surface area contributed by atoms with E-state index in [9.17, 15) is 4.79 Å². The minimum atomic E-state index is 0.0455. The Kier molecular flexibility index (Phi) is 6.00. The van der Waals surface area contributed by atoms with Crippen LogP contribution in [0.15, 0.2) is 22.7 Å². The van der Waals surface area contributed by atoms with E-state index < -0.39 is 0 Å². The molecule has 0 aliphatic rings. The lowest BCUT2D eigenvalue weighted by Crippen LogP contribution is -2.31. The maximum Gasteiger partial charge on any atom is 0.253 e. The van der Waals surface area contributed by atoms with Crippen LogP contribution in [0.5, 0.6) is 0 Å². The van der Waals surface area contributed by atoms with E-state index in [2.05, 4.69) is 22.9 Å². The third kappa shape index (κ3) is 4.32. The van der Waals surface area contributed by atoms with Crippen molar-refractivity contribution < 1.29 is 4.79 Å². The molecule has 2 nitrogen and oxygen atoms in total. The molecular weight excluding hydrogens is 302 g/mol. The number of hydrogen-bond acceptors (Lipinski definition) is 1. The van der Waals surface area contributed by atoms with Gasteiger partial charge in [0, 0.05) is 28.1 Å². The van der Waals surface area contributed by atoms with E-state index >= 15 is 0 Å². The van der Waals surface area contributed by atoms with Crippen molar-refractivity contribution in [1.82, 2.24) is 4.90 Å². The fraction of sp³-hybridized carbons (Fsp3) is 0.462. The van der Waals surface area contributed by atoms with Crippen LogP contribution in [-0.4, -0.2) is 23.9 Å². The number of unbranched alkanes of at least 4 members (excludes halogenated alkanes) is 1. The van der Waals surface area contributed by atoms with Crippen LogP contribution < -0.4 is 0 Å². The van der Waals surface area contributed by atoms with Gasteiger partial charge in [0.15, 0.2) is 0 Å². The summed E-state index contributed by atoms with van der Waals surface area (Å²) in [5.74, 6) is 0.0455. The second-order valence-corrected chi connectivity index (χ2v) is 5.25. The predicted molar refractivity (Wildman–Crippen MR) is 75.6 cm³/mol. The quantitative estimate of drug-likeness (QED) is 0.789. The molecule has 1 rings (SSSR count). The Morgan fingerprint density at radius 2 is 2.06 bits per heavy atom. The summed E-state index contributed by atoms with van der Waals surface area (Å²) in [5.41, 5.74) is 0.641. The zero-order valence-corrected chi connectivity index (χ0v) is 12.5. The van der Waals surface area contributed by atoms with Crippen LogP contribution in [0.3, 0.4) is 0 Å². The molecule has 0 bridgehead atoms. The molecule has 1 aromatic carbocycles. The van der Waals surface area contributed by atoms with E-state index in [1.807, 2.05) is 17.9 Å². The zero-order chi connectivity index (χ0) is 12.8. The van der Waals surface area contributed by atoms with E-state index in [1.165, 1.54) is 0 Å². The van der Waals surface area contributed by atoms with Crippen molar-refractivity contribution in [2.75, 3.05) is 13.1 Å². The number of nitrogens with zero attached hydrogens (tertiary/aromatic N) is 1. The number of carbonyl (C=O) groups is 1. The number of benzene rings is 1. The number of carbonyl (C=O) groups excluding carboxylic acids is 1. The fourth-order valence-electron chi connectivity index (χ4n) is 1.61. The molecule has 94 valence electrons. The molecule has 0 saturated carbocycles. The van der Waals surface area contributed by atoms with Gasteiger partial charge in [0.2, 0.25) is 0 Å². The van der Waals surface area contributed by atoms with E-state index in [4.69, 9.17) is 11.6 Å². The first kappa shape index (κ1) is 14.5. The highest BCUT2D eigenvalue weighted by Crippen LogP contribution is 2.20. The molecule has 0 unspecified atom stereocenters. The number of rotatable bonds is 5. The van der Waals surface area contributed by atoms with Crippen molar-refractivity contribution in [1.29, 1.82) is 0 Å². The first-order valence-corrected chi connectivity index (χ1v) is 7.01. The van der Waals surface area contributed by atoms with Gasteiger partial charge in [-0.05, 0) is 31.5 Å². The second-order valence-electron chi connectivity index (χ2n) is 3.90. The van der Waals surface area contributed by atoms with Gasteiger partial charge in [-0.3, -0.25) is 4.79 Å². The van der Waals surface area contributed by atoms with Crippen LogP contribution in [-0.2, 0) is 0 Å².